The van der Waals surface area contributed by atoms with E-state index in [4.69, 9.17) is 13.9 Å². The number of aromatic nitrogens is 2. The Kier molecular flexibility index (Phi) is 9.81. The second-order valence-corrected chi connectivity index (χ2v) is 15.7. The maximum atomic E-state index is 12.8. The maximum Gasteiger partial charge on any atom is 0.407 e. The van der Waals surface area contributed by atoms with E-state index in [1.807, 2.05) is 32.9 Å². The van der Waals surface area contributed by atoms with E-state index in [9.17, 15) is 4.79 Å². The molecule has 1 aromatic heterocycles. The van der Waals surface area contributed by atoms with Gasteiger partial charge in [-0.3, -0.25) is 0 Å². The molecule has 0 aliphatic rings. The fourth-order valence-electron chi connectivity index (χ4n) is 4.68. The van der Waals surface area contributed by atoms with E-state index in [2.05, 4.69) is 84.6 Å². The Morgan fingerprint density at radius 2 is 1.39 bits per heavy atom. The topological polar surface area (TPSA) is 82.6 Å². The van der Waals surface area contributed by atoms with E-state index >= 15 is 0 Å². The van der Waals surface area contributed by atoms with Crippen molar-refractivity contribution in [2.24, 2.45) is 0 Å². The number of carbonyl (C=O) groups is 1. The summed E-state index contributed by atoms with van der Waals surface area (Å²) in [5, 5.41) is 5.16. The van der Waals surface area contributed by atoms with E-state index in [0.29, 0.717) is 12.2 Å². The molecule has 0 bridgehead atoms. The SMILES string of the molecule is CO[C@H](CO[Si](c1ccccc1)(c1ccccc1)C(C)(C)C)[C@@H](Cc1ncccn1)NC(=O)OC(C)(C)C. The van der Waals surface area contributed by atoms with Gasteiger partial charge in [-0.1, -0.05) is 81.4 Å². The van der Waals surface area contributed by atoms with E-state index < -0.39 is 32.2 Å². The summed E-state index contributed by atoms with van der Waals surface area (Å²) in [5.41, 5.74) is -0.633. The Hall–Kier alpha value is -3.07. The molecule has 3 aromatic rings. The van der Waals surface area contributed by atoms with Crippen LogP contribution in [0.3, 0.4) is 0 Å². The zero-order valence-corrected chi connectivity index (χ0v) is 24.6. The molecular formula is C30H41N3O4Si. The number of rotatable bonds is 10. The molecule has 0 aliphatic carbocycles. The first-order chi connectivity index (χ1) is 18.0. The van der Waals surface area contributed by atoms with Crippen molar-refractivity contribution in [1.82, 2.24) is 15.3 Å². The normalized spacial score (nSPS) is 14.0. The van der Waals surface area contributed by atoms with E-state index in [1.165, 1.54) is 10.4 Å². The van der Waals surface area contributed by atoms with Crippen LogP contribution >= 0.6 is 0 Å². The van der Waals surface area contributed by atoms with Gasteiger partial charge in [0.2, 0.25) is 0 Å². The minimum Gasteiger partial charge on any atom is -0.444 e. The number of nitrogens with zero attached hydrogens (tertiary/aromatic N) is 2. The van der Waals surface area contributed by atoms with Gasteiger partial charge >= 0.3 is 6.09 Å². The molecule has 0 saturated heterocycles. The Morgan fingerprint density at radius 1 is 0.868 bits per heavy atom. The van der Waals surface area contributed by atoms with Crippen LogP contribution in [-0.4, -0.2) is 55.8 Å². The third-order valence-electron chi connectivity index (χ3n) is 6.36. The van der Waals surface area contributed by atoms with Crippen molar-refractivity contribution in [3.05, 3.63) is 84.9 Å². The van der Waals surface area contributed by atoms with Crippen molar-refractivity contribution in [3.8, 4) is 0 Å². The van der Waals surface area contributed by atoms with Gasteiger partial charge in [-0.05, 0) is 42.2 Å². The average molecular weight is 536 g/mol. The summed E-state index contributed by atoms with van der Waals surface area (Å²) in [4.78, 5) is 21.6. The molecule has 204 valence electrons. The molecule has 0 unspecified atom stereocenters. The summed E-state index contributed by atoms with van der Waals surface area (Å²) in [6, 6.07) is 22.2. The Bertz CT molecular complexity index is 1090. The van der Waals surface area contributed by atoms with Gasteiger partial charge in [-0.25, -0.2) is 14.8 Å². The predicted molar refractivity (Wildman–Crippen MR) is 153 cm³/mol. The van der Waals surface area contributed by atoms with Crippen molar-refractivity contribution in [2.45, 2.75) is 70.7 Å². The molecule has 0 saturated carbocycles. The molecule has 0 spiro atoms. The molecule has 7 nitrogen and oxygen atoms in total. The number of carbonyl (C=O) groups excluding carboxylic acids is 1. The molecule has 0 fully saturated rings. The van der Waals surface area contributed by atoms with E-state index in [1.54, 1.807) is 25.6 Å². The largest absolute Gasteiger partial charge is 0.444 e. The fraction of sp³-hybridized carbons (Fsp3) is 0.433. The lowest BCUT2D eigenvalue weighted by atomic mass is 10.1. The molecule has 1 N–H and O–H groups in total. The highest BCUT2D eigenvalue weighted by Gasteiger charge is 2.50. The minimum absolute atomic E-state index is 0.190. The zero-order valence-electron chi connectivity index (χ0n) is 23.6. The minimum atomic E-state index is -2.80. The van der Waals surface area contributed by atoms with Gasteiger partial charge < -0.3 is 19.2 Å². The van der Waals surface area contributed by atoms with Crippen LogP contribution in [0.25, 0.3) is 0 Å². The molecule has 0 radical (unpaired) electrons. The predicted octanol–water partition coefficient (Wildman–Crippen LogP) is 4.50. The lowest BCUT2D eigenvalue weighted by molar-refractivity contribution is 0.0141. The molecule has 1 heterocycles. The van der Waals surface area contributed by atoms with Crippen LogP contribution in [0.4, 0.5) is 4.79 Å². The summed E-state index contributed by atoms with van der Waals surface area (Å²) in [5.74, 6) is 0.598. The van der Waals surface area contributed by atoms with Crippen LogP contribution in [0.15, 0.2) is 79.1 Å². The van der Waals surface area contributed by atoms with Gasteiger partial charge in [0.25, 0.3) is 8.32 Å². The van der Waals surface area contributed by atoms with Crippen LogP contribution in [0.5, 0.6) is 0 Å². The fourth-order valence-corrected chi connectivity index (χ4v) is 9.25. The first kappa shape index (κ1) is 29.5. The standard InChI is InChI=1S/C30H41N3O4Si/c1-29(2,3)37-28(34)33-25(21-27-31-19-14-20-32-27)26(35-7)22-36-38(30(4,5)6,23-15-10-8-11-16-23)24-17-12-9-13-18-24/h8-20,25-26H,21-22H2,1-7H3,(H,33,34)/t25-,26-/m1/s1. The number of alkyl carbamates (subject to hydrolysis) is 1. The van der Waals surface area contributed by atoms with Gasteiger partial charge in [0.05, 0.1) is 18.8 Å². The third-order valence-corrected chi connectivity index (χ3v) is 11.4. The summed E-state index contributed by atoms with van der Waals surface area (Å²) in [6.45, 7) is 12.5. The smallest absolute Gasteiger partial charge is 0.407 e. The number of amides is 1. The van der Waals surface area contributed by atoms with Gasteiger partial charge in [0.1, 0.15) is 11.4 Å². The summed E-state index contributed by atoms with van der Waals surface area (Å²) in [6.07, 6.45) is 2.74. The van der Waals surface area contributed by atoms with Crippen molar-refractivity contribution in [2.75, 3.05) is 13.7 Å². The molecule has 0 aliphatic heterocycles. The number of hydrogen-bond acceptors (Lipinski definition) is 6. The molecule has 2 aromatic carbocycles. The zero-order chi connectivity index (χ0) is 27.8. The third kappa shape index (κ3) is 7.49. The highest BCUT2D eigenvalue weighted by molar-refractivity contribution is 6.99. The Balaban J connectivity index is 1.98. The molecule has 2 atom stereocenters. The average Bonchev–Trinajstić information content (AvgIpc) is 2.86. The second-order valence-electron chi connectivity index (χ2n) is 11.4. The second kappa shape index (κ2) is 12.6. The highest BCUT2D eigenvalue weighted by atomic mass is 28.4. The summed E-state index contributed by atoms with van der Waals surface area (Å²) >= 11 is 0. The molecule has 1 amide bonds. The quantitative estimate of drug-likeness (QED) is 0.385. The monoisotopic (exact) mass is 535 g/mol. The van der Waals surface area contributed by atoms with Crippen LogP contribution in [0.1, 0.15) is 47.4 Å². The van der Waals surface area contributed by atoms with Crippen molar-refractivity contribution in [3.63, 3.8) is 0 Å². The summed E-state index contributed by atoms with van der Waals surface area (Å²) < 4.78 is 18.6. The van der Waals surface area contributed by atoms with Gasteiger partial charge in [-0.15, -0.1) is 0 Å². The van der Waals surface area contributed by atoms with Crippen molar-refractivity contribution >= 4 is 24.8 Å². The lowest BCUT2D eigenvalue weighted by Gasteiger charge is -2.44. The molecule has 38 heavy (non-hydrogen) atoms. The number of methoxy groups -OCH3 is 1. The van der Waals surface area contributed by atoms with Crippen LogP contribution in [0.2, 0.25) is 5.04 Å². The van der Waals surface area contributed by atoms with E-state index in [-0.39, 0.29) is 11.6 Å². The van der Waals surface area contributed by atoms with Gasteiger partial charge in [0.15, 0.2) is 0 Å². The van der Waals surface area contributed by atoms with Crippen LogP contribution in [-0.2, 0) is 20.3 Å². The number of benzene rings is 2. The number of hydrogen-bond donors (Lipinski definition) is 1. The maximum absolute atomic E-state index is 12.8. The number of nitrogens with one attached hydrogen (secondary N) is 1. The number of ether oxygens (including phenoxy) is 2. The van der Waals surface area contributed by atoms with Crippen LogP contribution in [0, 0.1) is 0 Å². The first-order valence-corrected chi connectivity index (χ1v) is 14.9. The Labute approximate surface area is 228 Å². The molecule has 8 heteroatoms. The van der Waals surface area contributed by atoms with Crippen molar-refractivity contribution in [1.29, 1.82) is 0 Å². The van der Waals surface area contributed by atoms with E-state index in [0.717, 1.165) is 0 Å². The summed E-state index contributed by atoms with van der Waals surface area (Å²) in [7, 11) is -1.17. The molecule has 3 rings (SSSR count). The molecular weight excluding hydrogens is 494 g/mol. The lowest BCUT2D eigenvalue weighted by Crippen LogP contribution is -2.67. The highest BCUT2D eigenvalue weighted by Crippen LogP contribution is 2.37. The Morgan fingerprint density at radius 3 is 1.84 bits per heavy atom. The van der Waals surface area contributed by atoms with Crippen LogP contribution < -0.4 is 15.7 Å². The van der Waals surface area contributed by atoms with Gasteiger partial charge in [0, 0.05) is 25.9 Å². The first-order valence-electron chi connectivity index (χ1n) is 13.0. The van der Waals surface area contributed by atoms with Crippen molar-refractivity contribution < 1.29 is 18.7 Å². The van der Waals surface area contributed by atoms with Gasteiger partial charge in [-0.2, -0.15) is 0 Å².